The molecule has 5 heteroatoms. The van der Waals surface area contributed by atoms with Gasteiger partial charge in [0.15, 0.2) is 0 Å². The Balaban J connectivity index is 2.76. The molecule has 0 bridgehead atoms. The summed E-state index contributed by atoms with van der Waals surface area (Å²) < 4.78 is 10.3. The molecule has 5 nitrogen and oxygen atoms in total. The Kier molecular flexibility index (Phi) is 4.59. The van der Waals surface area contributed by atoms with Crippen molar-refractivity contribution in [2.24, 2.45) is 0 Å². The first-order chi connectivity index (χ1) is 8.26. The van der Waals surface area contributed by atoms with Crippen molar-refractivity contribution in [3.63, 3.8) is 0 Å². The second kappa shape index (κ2) is 5.59. The van der Waals surface area contributed by atoms with Gasteiger partial charge in [-0.1, -0.05) is 0 Å². The largest absolute Gasteiger partial charge is 0.464 e. The average Bonchev–Trinajstić information content (AvgIpc) is 2.58. The molecule has 1 saturated heterocycles. The van der Waals surface area contributed by atoms with Crippen LogP contribution in [0.15, 0.2) is 0 Å². The highest BCUT2D eigenvalue weighted by molar-refractivity contribution is 5.82. The van der Waals surface area contributed by atoms with Gasteiger partial charge in [0.2, 0.25) is 0 Å². The minimum absolute atomic E-state index is 0.00857. The third-order valence-electron chi connectivity index (χ3n) is 2.83. The molecule has 1 unspecified atom stereocenters. The topological polar surface area (TPSA) is 55.8 Å². The Morgan fingerprint density at radius 3 is 2.39 bits per heavy atom. The van der Waals surface area contributed by atoms with Gasteiger partial charge in [0, 0.05) is 6.04 Å². The van der Waals surface area contributed by atoms with Crippen LogP contribution in [-0.4, -0.2) is 41.3 Å². The van der Waals surface area contributed by atoms with Crippen molar-refractivity contribution in [1.29, 1.82) is 0 Å². The van der Waals surface area contributed by atoms with Gasteiger partial charge in [-0.2, -0.15) is 0 Å². The molecule has 2 atom stereocenters. The van der Waals surface area contributed by atoms with Gasteiger partial charge in [-0.25, -0.2) is 9.59 Å². The summed E-state index contributed by atoms with van der Waals surface area (Å²) in [6.45, 7) is 9.43. The van der Waals surface area contributed by atoms with Crippen molar-refractivity contribution >= 4 is 12.1 Å². The molecule has 0 aromatic carbocycles. The number of likely N-dealkylation sites (tertiary alicyclic amines) is 1. The fraction of sp³-hybridized carbons (Fsp3) is 0.846. The van der Waals surface area contributed by atoms with Crippen LogP contribution in [0.1, 0.15) is 47.5 Å². The summed E-state index contributed by atoms with van der Waals surface area (Å²) in [5, 5.41) is 0. The minimum Gasteiger partial charge on any atom is -0.464 e. The number of amides is 1. The number of hydrogen-bond donors (Lipinski definition) is 0. The van der Waals surface area contributed by atoms with Crippen molar-refractivity contribution in [3.05, 3.63) is 0 Å². The van der Waals surface area contributed by atoms with Crippen LogP contribution < -0.4 is 0 Å². The van der Waals surface area contributed by atoms with E-state index >= 15 is 0 Å². The minimum atomic E-state index is -0.557. The van der Waals surface area contributed by atoms with Crippen molar-refractivity contribution < 1.29 is 19.1 Å². The molecule has 1 rings (SSSR count). The van der Waals surface area contributed by atoms with E-state index in [1.807, 2.05) is 27.7 Å². The zero-order chi connectivity index (χ0) is 13.9. The van der Waals surface area contributed by atoms with Crippen molar-refractivity contribution in [3.8, 4) is 0 Å². The molecule has 0 radical (unpaired) electrons. The Labute approximate surface area is 108 Å². The number of esters is 1. The first-order valence-corrected chi connectivity index (χ1v) is 6.44. The van der Waals surface area contributed by atoms with Crippen molar-refractivity contribution in [1.82, 2.24) is 4.90 Å². The second-order valence-corrected chi connectivity index (χ2v) is 5.58. The number of carbonyl (C=O) groups is 2. The third-order valence-corrected chi connectivity index (χ3v) is 2.83. The molecule has 1 aliphatic heterocycles. The van der Waals surface area contributed by atoms with Crippen LogP contribution >= 0.6 is 0 Å². The van der Waals surface area contributed by atoms with Crippen LogP contribution in [0.2, 0.25) is 0 Å². The van der Waals surface area contributed by atoms with Crippen LogP contribution in [0.25, 0.3) is 0 Å². The van der Waals surface area contributed by atoms with Crippen LogP contribution in [0.5, 0.6) is 0 Å². The number of hydrogen-bond acceptors (Lipinski definition) is 4. The number of nitrogens with zero attached hydrogens (tertiary/aromatic N) is 1. The molecule has 0 N–H and O–H groups in total. The monoisotopic (exact) mass is 257 g/mol. The summed E-state index contributed by atoms with van der Waals surface area (Å²) in [6, 6.07) is -0.496. The van der Waals surface area contributed by atoms with E-state index in [4.69, 9.17) is 9.47 Å². The predicted octanol–water partition coefficient (Wildman–Crippen LogP) is 2.34. The lowest BCUT2D eigenvalue weighted by Crippen LogP contribution is -2.46. The zero-order valence-corrected chi connectivity index (χ0v) is 11.9. The number of rotatable bonds is 2. The molecule has 0 aromatic rings. The van der Waals surface area contributed by atoms with Crippen molar-refractivity contribution in [2.75, 3.05) is 6.61 Å². The predicted molar refractivity (Wildman–Crippen MR) is 67.2 cm³/mol. The maximum absolute atomic E-state index is 12.1. The average molecular weight is 257 g/mol. The maximum Gasteiger partial charge on any atom is 0.411 e. The highest BCUT2D eigenvalue weighted by atomic mass is 16.6. The molecular weight excluding hydrogens is 234 g/mol. The molecule has 0 aliphatic carbocycles. The van der Waals surface area contributed by atoms with Gasteiger partial charge in [-0.05, 0) is 47.5 Å². The van der Waals surface area contributed by atoms with E-state index in [2.05, 4.69) is 0 Å². The van der Waals surface area contributed by atoms with Gasteiger partial charge in [0.1, 0.15) is 11.6 Å². The van der Waals surface area contributed by atoms with E-state index in [0.29, 0.717) is 13.0 Å². The summed E-state index contributed by atoms with van der Waals surface area (Å²) in [5.41, 5.74) is -0.557. The molecule has 1 fully saturated rings. The van der Waals surface area contributed by atoms with E-state index in [-0.39, 0.29) is 12.0 Å². The fourth-order valence-electron chi connectivity index (χ4n) is 2.08. The van der Waals surface area contributed by atoms with E-state index in [9.17, 15) is 9.59 Å². The highest BCUT2D eigenvalue weighted by Crippen LogP contribution is 2.27. The molecule has 0 saturated carbocycles. The van der Waals surface area contributed by atoms with Gasteiger partial charge in [0.05, 0.1) is 6.61 Å². The molecule has 1 heterocycles. The van der Waals surface area contributed by atoms with Crippen LogP contribution in [-0.2, 0) is 14.3 Å². The van der Waals surface area contributed by atoms with Crippen LogP contribution in [0.3, 0.4) is 0 Å². The van der Waals surface area contributed by atoms with Gasteiger partial charge in [0.25, 0.3) is 0 Å². The Morgan fingerprint density at radius 2 is 1.89 bits per heavy atom. The lowest BCUT2D eigenvalue weighted by atomic mass is 10.2. The number of carbonyl (C=O) groups excluding carboxylic acids is 2. The van der Waals surface area contributed by atoms with Gasteiger partial charge >= 0.3 is 12.1 Å². The first-order valence-electron chi connectivity index (χ1n) is 6.44. The molecular formula is C13H23NO4. The SMILES string of the molecule is CCOC(=O)[C@@H]1CCC(C)N1C(=O)OC(C)(C)C. The Hall–Kier alpha value is -1.26. The summed E-state index contributed by atoms with van der Waals surface area (Å²) in [7, 11) is 0. The van der Waals surface area contributed by atoms with Crippen LogP contribution in [0, 0.1) is 0 Å². The highest BCUT2D eigenvalue weighted by Gasteiger charge is 2.41. The van der Waals surface area contributed by atoms with E-state index in [1.165, 1.54) is 4.90 Å². The molecule has 0 aromatic heterocycles. The molecule has 104 valence electrons. The van der Waals surface area contributed by atoms with Gasteiger partial charge < -0.3 is 9.47 Å². The standard InChI is InChI=1S/C13H23NO4/c1-6-17-11(15)10-8-7-9(2)14(10)12(16)18-13(3,4)5/h9-10H,6-8H2,1-5H3/t9?,10-/m0/s1. The molecule has 0 spiro atoms. The smallest absolute Gasteiger partial charge is 0.411 e. The quantitative estimate of drug-likeness (QED) is 0.712. The lowest BCUT2D eigenvalue weighted by molar-refractivity contribution is -0.148. The third kappa shape index (κ3) is 3.62. The molecule has 18 heavy (non-hydrogen) atoms. The normalized spacial score (nSPS) is 23.9. The van der Waals surface area contributed by atoms with Crippen molar-refractivity contribution in [2.45, 2.75) is 65.1 Å². The maximum atomic E-state index is 12.1. The molecule has 1 amide bonds. The Morgan fingerprint density at radius 1 is 1.28 bits per heavy atom. The summed E-state index contributed by atoms with van der Waals surface area (Å²) in [4.78, 5) is 25.4. The second-order valence-electron chi connectivity index (χ2n) is 5.58. The van der Waals surface area contributed by atoms with E-state index in [1.54, 1.807) is 6.92 Å². The van der Waals surface area contributed by atoms with Crippen LogP contribution in [0.4, 0.5) is 4.79 Å². The summed E-state index contributed by atoms with van der Waals surface area (Å²) in [5.74, 6) is -0.340. The van der Waals surface area contributed by atoms with E-state index < -0.39 is 17.7 Å². The first kappa shape index (κ1) is 14.8. The zero-order valence-electron chi connectivity index (χ0n) is 11.9. The fourth-order valence-corrected chi connectivity index (χ4v) is 2.08. The summed E-state index contributed by atoms with van der Waals surface area (Å²) >= 11 is 0. The van der Waals surface area contributed by atoms with E-state index in [0.717, 1.165) is 6.42 Å². The molecule has 1 aliphatic rings. The van der Waals surface area contributed by atoms with Gasteiger partial charge in [-0.15, -0.1) is 0 Å². The summed E-state index contributed by atoms with van der Waals surface area (Å²) in [6.07, 6.45) is 0.993. The number of ether oxygens (including phenoxy) is 2. The Bertz CT molecular complexity index is 321. The van der Waals surface area contributed by atoms with Gasteiger partial charge in [-0.3, -0.25) is 4.90 Å². The lowest BCUT2D eigenvalue weighted by Gasteiger charge is -2.30.